The van der Waals surface area contributed by atoms with Crippen molar-refractivity contribution in [2.45, 2.75) is 6.42 Å². The minimum Gasteiger partial charge on any atom is -0.465 e. The number of nitrogen functional groups attached to an aromatic ring is 1. The molecule has 21 heavy (non-hydrogen) atoms. The average Bonchev–Trinajstić information content (AvgIpc) is 2.47. The number of carbonyl (C=O) groups is 1. The van der Waals surface area contributed by atoms with E-state index in [1.54, 1.807) is 13.2 Å². The van der Waals surface area contributed by atoms with Crippen molar-refractivity contribution in [2.24, 2.45) is 0 Å². The lowest BCUT2D eigenvalue weighted by molar-refractivity contribution is 0.0601. The van der Waals surface area contributed by atoms with Crippen molar-refractivity contribution in [3.8, 4) is 6.07 Å². The first-order valence-electron chi connectivity index (χ1n) is 6.33. The van der Waals surface area contributed by atoms with E-state index < -0.39 is 5.97 Å². The van der Waals surface area contributed by atoms with Gasteiger partial charge in [0.2, 0.25) is 0 Å². The van der Waals surface area contributed by atoms with Crippen LogP contribution in [0.2, 0.25) is 5.02 Å². The van der Waals surface area contributed by atoms with Crippen LogP contribution in [-0.4, -0.2) is 39.9 Å². The number of halogens is 1. The van der Waals surface area contributed by atoms with Crippen LogP contribution in [0.15, 0.2) is 12.1 Å². The summed E-state index contributed by atoms with van der Waals surface area (Å²) in [7, 11) is 2.87. The predicted molar refractivity (Wildman–Crippen MR) is 81.5 cm³/mol. The molecule has 7 heteroatoms. The second-order valence-corrected chi connectivity index (χ2v) is 4.69. The number of nitrogens with zero attached hydrogens (tertiary/aromatic N) is 2. The van der Waals surface area contributed by atoms with Crippen molar-refractivity contribution in [1.29, 1.82) is 5.26 Å². The number of hydrogen-bond acceptors (Lipinski definition) is 6. The maximum atomic E-state index is 11.9. The van der Waals surface area contributed by atoms with E-state index >= 15 is 0 Å². The van der Waals surface area contributed by atoms with Crippen molar-refractivity contribution < 1.29 is 14.3 Å². The van der Waals surface area contributed by atoms with E-state index in [9.17, 15) is 4.79 Å². The van der Waals surface area contributed by atoms with Crippen molar-refractivity contribution in [2.75, 3.05) is 44.5 Å². The average molecular weight is 312 g/mol. The van der Waals surface area contributed by atoms with Gasteiger partial charge < -0.3 is 20.1 Å². The van der Waals surface area contributed by atoms with E-state index in [0.29, 0.717) is 42.5 Å². The first-order valence-corrected chi connectivity index (χ1v) is 6.71. The van der Waals surface area contributed by atoms with Crippen LogP contribution in [0.3, 0.4) is 0 Å². The minimum atomic E-state index is -0.529. The van der Waals surface area contributed by atoms with E-state index in [2.05, 4.69) is 6.07 Å². The Hall–Kier alpha value is -1.97. The Bertz CT molecular complexity index is 543. The van der Waals surface area contributed by atoms with Gasteiger partial charge in [-0.25, -0.2) is 4.79 Å². The summed E-state index contributed by atoms with van der Waals surface area (Å²) in [5.41, 5.74) is 6.88. The first kappa shape index (κ1) is 17.1. The lowest BCUT2D eigenvalue weighted by Crippen LogP contribution is -2.30. The van der Waals surface area contributed by atoms with Gasteiger partial charge in [0.15, 0.2) is 0 Å². The van der Waals surface area contributed by atoms with Gasteiger partial charge in [0.25, 0.3) is 0 Å². The first-order chi connectivity index (χ1) is 10.0. The van der Waals surface area contributed by atoms with Gasteiger partial charge in [-0.2, -0.15) is 5.26 Å². The molecule has 0 amide bonds. The van der Waals surface area contributed by atoms with Gasteiger partial charge in [-0.1, -0.05) is 11.6 Å². The van der Waals surface area contributed by atoms with Gasteiger partial charge in [-0.05, 0) is 12.1 Å². The van der Waals surface area contributed by atoms with Crippen LogP contribution in [0.1, 0.15) is 16.8 Å². The van der Waals surface area contributed by atoms with Gasteiger partial charge in [0.1, 0.15) is 0 Å². The largest absolute Gasteiger partial charge is 0.465 e. The molecule has 0 heterocycles. The molecule has 6 nitrogen and oxygen atoms in total. The predicted octanol–water partition coefficient (Wildman–Crippen LogP) is 2.08. The Morgan fingerprint density at radius 3 is 2.71 bits per heavy atom. The summed E-state index contributed by atoms with van der Waals surface area (Å²) < 4.78 is 9.83. The summed E-state index contributed by atoms with van der Waals surface area (Å²) in [6, 6.07) is 5.15. The molecule has 0 saturated heterocycles. The second kappa shape index (κ2) is 8.35. The topological polar surface area (TPSA) is 88.6 Å². The van der Waals surface area contributed by atoms with Crippen LogP contribution in [-0.2, 0) is 9.47 Å². The van der Waals surface area contributed by atoms with E-state index in [4.69, 9.17) is 32.1 Å². The summed E-state index contributed by atoms with van der Waals surface area (Å²) in [5.74, 6) is -0.529. The van der Waals surface area contributed by atoms with Crippen LogP contribution in [0.4, 0.5) is 11.4 Å². The number of methoxy groups -OCH3 is 2. The van der Waals surface area contributed by atoms with Crippen molar-refractivity contribution in [3.63, 3.8) is 0 Å². The van der Waals surface area contributed by atoms with E-state index in [1.165, 1.54) is 13.2 Å². The van der Waals surface area contributed by atoms with Crippen molar-refractivity contribution in [1.82, 2.24) is 0 Å². The third-order valence-corrected chi connectivity index (χ3v) is 3.15. The fraction of sp³-hybridized carbons (Fsp3) is 0.429. The molecule has 0 radical (unpaired) electrons. The SMILES string of the molecule is COCCN(CCC#N)c1c(Cl)cc(N)cc1C(=O)OC. The lowest BCUT2D eigenvalue weighted by Gasteiger charge is -2.26. The number of nitriles is 1. The summed E-state index contributed by atoms with van der Waals surface area (Å²) in [5, 5.41) is 9.11. The molecule has 1 rings (SSSR count). The molecule has 0 bridgehead atoms. The van der Waals surface area contributed by atoms with Crippen LogP contribution >= 0.6 is 11.6 Å². The van der Waals surface area contributed by atoms with Gasteiger partial charge in [0.05, 0.1) is 42.5 Å². The third kappa shape index (κ3) is 4.52. The molecule has 0 spiro atoms. The molecule has 2 N–H and O–H groups in total. The number of esters is 1. The molecule has 0 saturated carbocycles. The van der Waals surface area contributed by atoms with Crippen LogP contribution in [0.25, 0.3) is 0 Å². The number of rotatable bonds is 7. The van der Waals surface area contributed by atoms with Crippen molar-refractivity contribution in [3.05, 3.63) is 22.7 Å². The maximum Gasteiger partial charge on any atom is 0.340 e. The van der Waals surface area contributed by atoms with Crippen LogP contribution in [0.5, 0.6) is 0 Å². The zero-order valence-corrected chi connectivity index (χ0v) is 12.8. The van der Waals surface area contributed by atoms with E-state index in [-0.39, 0.29) is 5.56 Å². The smallest absolute Gasteiger partial charge is 0.340 e. The second-order valence-electron chi connectivity index (χ2n) is 4.28. The Balaban J connectivity index is 3.27. The molecule has 1 aromatic rings. The fourth-order valence-electron chi connectivity index (χ4n) is 1.93. The quantitative estimate of drug-likeness (QED) is 0.612. The van der Waals surface area contributed by atoms with Crippen LogP contribution in [0, 0.1) is 11.3 Å². The third-order valence-electron chi connectivity index (χ3n) is 2.87. The molecule has 0 aliphatic carbocycles. The Morgan fingerprint density at radius 2 is 2.14 bits per heavy atom. The zero-order chi connectivity index (χ0) is 15.8. The number of carbonyl (C=O) groups excluding carboxylic acids is 1. The number of anilines is 2. The lowest BCUT2D eigenvalue weighted by atomic mass is 10.1. The summed E-state index contributed by atoms with van der Waals surface area (Å²) in [6.45, 7) is 1.35. The number of hydrogen-bond donors (Lipinski definition) is 1. The molecular formula is C14H18ClN3O3. The summed E-state index contributed by atoms with van der Waals surface area (Å²) in [4.78, 5) is 13.8. The Labute approximate surface area is 129 Å². The molecule has 0 fully saturated rings. The highest BCUT2D eigenvalue weighted by Crippen LogP contribution is 2.33. The van der Waals surface area contributed by atoms with Gasteiger partial charge in [-0.15, -0.1) is 0 Å². The molecular weight excluding hydrogens is 294 g/mol. The van der Waals surface area contributed by atoms with Gasteiger partial charge in [-0.3, -0.25) is 0 Å². The highest BCUT2D eigenvalue weighted by Gasteiger charge is 2.21. The van der Waals surface area contributed by atoms with E-state index in [1.807, 2.05) is 4.90 Å². The standard InChI is InChI=1S/C14H18ClN3O3/c1-20-7-6-18(5-3-4-16)13-11(14(19)21-2)8-10(17)9-12(13)15/h8-9H,3,5-7,17H2,1-2H3. The molecule has 0 aliphatic heterocycles. The molecule has 0 unspecified atom stereocenters. The van der Waals surface area contributed by atoms with Crippen LogP contribution < -0.4 is 10.6 Å². The Kier molecular flexibility index (Phi) is 6.79. The monoisotopic (exact) mass is 311 g/mol. The summed E-state index contributed by atoms with van der Waals surface area (Å²) >= 11 is 6.24. The van der Waals surface area contributed by atoms with Gasteiger partial charge in [0, 0.05) is 25.9 Å². The molecule has 0 aromatic heterocycles. The van der Waals surface area contributed by atoms with E-state index in [0.717, 1.165) is 0 Å². The fourth-order valence-corrected chi connectivity index (χ4v) is 2.28. The normalized spacial score (nSPS) is 10.0. The highest BCUT2D eigenvalue weighted by atomic mass is 35.5. The maximum absolute atomic E-state index is 11.9. The highest BCUT2D eigenvalue weighted by molar-refractivity contribution is 6.34. The number of ether oxygens (including phenoxy) is 2. The molecule has 0 atom stereocenters. The zero-order valence-electron chi connectivity index (χ0n) is 12.1. The molecule has 0 aliphatic rings. The van der Waals surface area contributed by atoms with Gasteiger partial charge >= 0.3 is 5.97 Å². The summed E-state index contributed by atoms with van der Waals surface area (Å²) in [6.07, 6.45) is 0.297. The van der Waals surface area contributed by atoms with Crippen molar-refractivity contribution >= 4 is 28.9 Å². The Morgan fingerprint density at radius 1 is 1.43 bits per heavy atom. The number of benzene rings is 1. The number of nitrogens with two attached hydrogens (primary N) is 1. The molecule has 114 valence electrons. The minimum absolute atomic E-state index is 0.275. The molecule has 1 aromatic carbocycles.